The smallest absolute Gasteiger partial charge is 0.405 e. The van der Waals surface area contributed by atoms with Crippen LogP contribution in [0.15, 0.2) is 58.5 Å². The summed E-state index contributed by atoms with van der Waals surface area (Å²) in [6.07, 6.45) is 3.88. The second-order valence-electron chi connectivity index (χ2n) is 11.7. The lowest BCUT2D eigenvalue weighted by molar-refractivity contribution is -0.120. The number of likely N-dealkylation sites (N-methyl/N-ethyl adjacent to an activating group) is 1. The molecule has 0 spiro atoms. The van der Waals surface area contributed by atoms with E-state index < -0.39 is 53.9 Å². The van der Waals surface area contributed by atoms with E-state index in [2.05, 4.69) is 10.6 Å². The molecule has 1 heterocycles. The zero-order valence-electron chi connectivity index (χ0n) is 27.0. The number of aliphatic hydroxyl groups is 1. The fraction of sp³-hybridized carbons (Fsp3) is 0.562. The molecule has 12 nitrogen and oxygen atoms in total. The van der Waals surface area contributed by atoms with Crippen LogP contribution in [-0.4, -0.2) is 99.4 Å². The highest BCUT2D eigenvalue weighted by Gasteiger charge is 2.33. The summed E-state index contributed by atoms with van der Waals surface area (Å²) in [6.45, 7) is 8.09. The van der Waals surface area contributed by atoms with Crippen LogP contribution in [0.1, 0.15) is 40.5 Å². The van der Waals surface area contributed by atoms with Crippen molar-refractivity contribution in [2.24, 2.45) is 17.6 Å². The molecule has 244 valence electrons. The van der Waals surface area contributed by atoms with Gasteiger partial charge in [-0.15, -0.1) is 0 Å². The highest BCUT2D eigenvalue weighted by Crippen LogP contribution is 2.28. The lowest BCUT2D eigenvalue weighted by Gasteiger charge is -2.30. The maximum atomic E-state index is 13.7. The van der Waals surface area contributed by atoms with Crippen LogP contribution >= 0.6 is 0 Å². The molecule has 0 unspecified atom stereocenters. The summed E-state index contributed by atoms with van der Waals surface area (Å²) in [5, 5.41) is 17.0. The van der Waals surface area contributed by atoms with Crippen LogP contribution in [0.2, 0.25) is 0 Å². The van der Waals surface area contributed by atoms with Gasteiger partial charge in [0.2, 0.25) is 11.6 Å². The lowest BCUT2D eigenvalue weighted by atomic mass is 9.85. The van der Waals surface area contributed by atoms with Crippen LogP contribution in [0, 0.1) is 11.8 Å². The normalized spacial score (nSPS) is 31.0. The maximum absolute atomic E-state index is 13.7. The first kappa shape index (κ1) is 36.6. The molecule has 2 aliphatic rings. The largest absolute Gasteiger partial charge is 0.439 e. The van der Waals surface area contributed by atoms with E-state index in [-0.39, 0.29) is 34.9 Å². The summed E-state index contributed by atoms with van der Waals surface area (Å²) >= 11 is 0. The Morgan fingerprint density at radius 2 is 1.84 bits per heavy atom. The number of nitrogens with two attached hydrogens (primary N) is 1. The molecule has 5 N–H and O–H groups in total. The first-order chi connectivity index (χ1) is 20.7. The van der Waals surface area contributed by atoms with Crippen molar-refractivity contribution in [2.75, 3.05) is 41.4 Å². The number of ether oxygens (including phenoxy) is 3. The van der Waals surface area contributed by atoms with Gasteiger partial charge in [-0.3, -0.25) is 14.4 Å². The molecule has 12 heteroatoms. The number of carbonyl (C=O) groups excluding carboxylic acids is 4. The summed E-state index contributed by atoms with van der Waals surface area (Å²) in [4.78, 5) is 53.7. The minimum absolute atomic E-state index is 0.114. The highest BCUT2D eigenvalue weighted by atomic mass is 16.6. The van der Waals surface area contributed by atoms with E-state index in [0.29, 0.717) is 25.1 Å². The lowest BCUT2D eigenvalue weighted by Crippen LogP contribution is -2.38. The van der Waals surface area contributed by atoms with Crippen LogP contribution < -0.4 is 16.4 Å². The Hall–Kier alpha value is -3.58. The summed E-state index contributed by atoms with van der Waals surface area (Å²) < 4.78 is 16.6. The minimum atomic E-state index is -0.997. The number of ketones is 2. The fourth-order valence-corrected chi connectivity index (χ4v) is 5.18. The first-order valence-electron chi connectivity index (χ1n) is 14.7. The second kappa shape index (κ2) is 17.0. The van der Waals surface area contributed by atoms with E-state index >= 15 is 0 Å². The maximum Gasteiger partial charge on any atom is 0.405 e. The summed E-state index contributed by atoms with van der Waals surface area (Å²) in [7, 11) is 6.74. The number of hydrogen-bond donors (Lipinski definition) is 4. The van der Waals surface area contributed by atoms with Crippen molar-refractivity contribution in [3.8, 4) is 0 Å². The molecule has 1 aliphatic carbocycles. The number of allylic oxidation sites excluding steroid dienone is 4. The van der Waals surface area contributed by atoms with Crippen molar-refractivity contribution in [3.63, 3.8) is 0 Å². The first-order valence-corrected chi connectivity index (χ1v) is 14.7. The van der Waals surface area contributed by atoms with Crippen LogP contribution in [0.4, 0.5) is 4.79 Å². The van der Waals surface area contributed by atoms with Crippen molar-refractivity contribution in [2.45, 2.75) is 65.0 Å². The Morgan fingerprint density at radius 1 is 1.16 bits per heavy atom. The zero-order chi connectivity index (χ0) is 33.1. The van der Waals surface area contributed by atoms with E-state index in [9.17, 15) is 24.3 Å². The molecule has 44 heavy (non-hydrogen) atoms. The van der Waals surface area contributed by atoms with Gasteiger partial charge >= 0.3 is 6.09 Å². The number of nitrogens with zero attached hydrogens (tertiary/aromatic N) is 1. The fourth-order valence-electron chi connectivity index (χ4n) is 5.18. The number of fused-ring (bicyclic) bond motifs is 2. The van der Waals surface area contributed by atoms with Gasteiger partial charge in [0.05, 0.1) is 23.6 Å². The molecule has 2 bridgehead atoms. The Labute approximate surface area is 260 Å². The van der Waals surface area contributed by atoms with Gasteiger partial charge in [0.15, 0.2) is 6.10 Å². The Morgan fingerprint density at radius 3 is 2.43 bits per heavy atom. The average molecular weight is 617 g/mol. The Kier molecular flexibility index (Phi) is 14.2. The number of nitrogens with one attached hydrogen (secondary N) is 2. The van der Waals surface area contributed by atoms with Crippen LogP contribution in [-0.2, 0) is 28.6 Å². The molecular weight excluding hydrogens is 568 g/mol. The van der Waals surface area contributed by atoms with Crippen LogP contribution in [0.5, 0.6) is 0 Å². The van der Waals surface area contributed by atoms with Gasteiger partial charge in [-0.2, -0.15) is 0 Å². The standard InChI is InChI=1S/C32H48N4O8/c1-18-14-22-27(34-12-13-36(5)6)24(37)17-23(29(22)39)35-31(40)19(2)10-9-11-25(42-7)30(44-32(33)41)21(4)16-20(3)28(38)26(15-18)43-8/h9-11,16-18,20,25-26,28,30,34,38H,12-15H2,1-8H3,(H2,33,41)(H,35,40)/b11-9-,19-10-,21-16-/t18-,20+,25+,26-,28+,30+/m0/s1. The number of methoxy groups -OCH3 is 2. The Bertz CT molecular complexity index is 1230. The predicted octanol–water partition coefficient (Wildman–Crippen LogP) is 1.91. The highest BCUT2D eigenvalue weighted by molar-refractivity contribution is 6.23. The van der Waals surface area contributed by atoms with Crippen molar-refractivity contribution < 1.29 is 38.5 Å². The molecule has 0 fully saturated rings. The van der Waals surface area contributed by atoms with E-state index in [4.69, 9.17) is 19.9 Å². The van der Waals surface area contributed by atoms with Gasteiger partial charge in [-0.25, -0.2) is 4.79 Å². The molecule has 0 aromatic rings. The Balaban J connectivity index is 2.60. The number of hydrogen-bond acceptors (Lipinski definition) is 10. The zero-order valence-corrected chi connectivity index (χ0v) is 27.0. The van der Waals surface area contributed by atoms with E-state index in [1.807, 2.05) is 32.8 Å². The summed E-state index contributed by atoms with van der Waals surface area (Å²) in [6, 6.07) is 0. The molecule has 0 saturated heterocycles. The van der Waals surface area contributed by atoms with Crippen LogP contribution in [0.25, 0.3) is 0 Å². The van der Waals surface area contributed by atoms with Gasteiger partial charge in [-0.05, 0) is 52.3 Å². The van der Waals surface area contributed by atoms with Gasteiger partial charge in [0.25, 0.3) is 5.91 Å². The third-order valence-corrected chi connectivity index (χ3v) is 7.65. The average Bonchev–Trinajstić information content (AvgIpc) is 2.95. The quantitative estimate of drug-likeness (QED) is 0.245. The number of primary amides is 1. The van der Waals surface area contributed by atoms with Crippen molar-refractivity contribution in [3.05, 3.63) is 58.5 Å². The van der Waals surface area contributed by atoms with Crippen LogP contribution in [0.3, 0.4) is 0 Å². The molecule has 0 saturated carbocycles. The SMILES string of the molecule is CO[C@H]1C[C@@H](C)CC2=C(NCCN(C)C)C(=O)C=C(NC(=O)/C(C)=C\C=C/[C@@H](OC)[C@H](OC(N)=O)/C(C)=C\[C@@H](C)[C@H]1O)C2=O. The number of carbonyl (C=O) groups is 4. The van der Waals surface area contributed by atoms with Crippen molar-refractivity contribution in [1.29, 1.82) is 0 Å². The van der Waals surface area contributed by atoms with Gasteiger partial charge < -0.3 is 40.6 Å². The second-order valence-corrected chi connectivity index (χ2v) is 11.7. The minimum Gasteiger partial charge on any atom is -0.439 e. The number of rotatable bonds is 7. The predicted molar refractivity (Wildman–Crippen MR) is 166 cm³/mol. The molecule has 0 aromatic carbocycles. The summed E-state index contributed by atoms with van der Waals surface area (Å²) in [5.41, 5.74) is 6.55. The van der Waals surface area contributed by atoms with Gasteiger partial charge in [0.1, 0.15) is 6.10 Å². The van der Waals surface area contributed by atoms with Gasteiger partial charge in [-0.1, -0.05) is 38.2 Å². The topological polar surface area (TPSA) is 170 Å². The van der Waals surface area contributed by atoms with E-state index in [0.717, 1.165) is 6.08 Å². The molecule has 2 rings (SSSR count). The number of amides is 2. The van der Waals surface area contributed by atoms with Gasteiger partial charge in [0, 0.05) is 50.4 Å². The molecule has 0 radical (unpaired) electrons. The third kappa shape index (κ3) is 10.3. The van der Waals surface area contributed by atoms with Crippen molar-refractivity contribution in [1.82, 2.24) is 15.5 Å². The molecule has 2 amide bonds. The monoisotopic (exact) mass is 616 g/mol. The third-order valence-electron chi connectivity index (χ3n) is 7.65. The van der Waals surface area contributed by atoms with E-state index in [1.54, 1.807) is 32.1 Å². The molecular formula is C32H48N4O8. The molecule has 0 aromatic heterocycles. The molecule has 6 atom stereocenters. The number of aliphatic hydroxyl groups excluding tert-OH is 1. The summed E-state index contributed by atoms with van der Waals surface area (Å²) in [5.74, 6) is -2.06. The van der Waals surface area contributed by atoms with Crippen molar-refractivity contribution >= 4 is 23.6 Å². The molecule has 1 aliphatic heterocycles. The van der Waals surface area contributed by atoms with E-state index in [1.165, 1.54) is 20.3 Å². The number of Topliss-reactive ketones (excluding diaryl/α,β-unsaturated/α-hetero) is 1.